The lowest BCUT2D eigenvalue weighted by Gasteiger charge is -2.26. The Balaban J connectivity index is 1.09. The first-order valence-electron chi connectivity index (χ1n) is 22.4. The Bertz CT molecular complexity index is 4090. The fraction of sp³-hybridized carbons (Fsp3) is 0.100. The third-order valence-corrected chi connectivity index (χ3v) is 15.5. The molecule has 0 fully saturated rings. The lowest BCUT2D eigenvalue weighted by atomic mass is 9.82. The van der Waals surface area contributed by atoms with Crippen LogP contribution in [0.15, 0.2) is 176 Å². The van der Waals surface area contributed by atoms with E-state index in [9.17, 15) is 0 Å². The second kappa shape index (κ2) is 11.2. The first-order chi connectivity index (χ1) is 30.8. The predicted octanol–water partition coefficient (Wildman–Crippen LogP) is 16.1. The minimum atomic E-state index is -0.127. The van der Waals surface area contributed by atoms with Crippen LogP contribution in [-0.2, 0) is 10.8 Å². The van der Waals surface area contributed by atoms with Gasteiger partial charge in [-0.1, -0.05) is 137 Å². The summed E-state index contributed by atoms with van der Waals surface area (Å²) in [5, 5.41) is 10.4. The minimum Gasteiger partial charge on any atom is -0.310 e. The fourth-order valence-corrected chi connectivity index (χ4v) is 12.7. The van der Waals surface area contributed by atoms with Crippen LogP contribution in [-0.4, -0.2) is 8.80 Å². The molecule has 2 aliphatic rings. The monoisotopic (exact) mass is 803 g/mol. The van der Waals surface area contributed by atoms with E-state index in [1.54, 1.807) is 0 Å². The van der Waals surface area contributed by atoms with Gasteiger partial charge < -0.3 is 13.7 Å². The van der Waals surface area contributed by atoms with Crippen molar-refractivity contribution in [3.05, 3.63) is 198 Å². The molecule has 0 atom stereocenters. The van der Waals surface area contributed by atoms with Gasteiger partial charge in [-0.05, 0) is 111 Å². The summed E-state index contributed by atoms with van der Waals surface area (Å²) < 4.78 is 5.20. The maximum atomic E-state index is 2.62. The molecule has 0 saturated carbocycles. The van der Waals surface area contributed by atoms with Gasteiger partial charge in [-0.15, -0.1) is 0 Å². The highest BCUT2D eigenvalue weighted by molar-refractivity contribution is 6.31. The summed E-state index contributed by atoms with van der Waals surface area (Å²) in [7, 11) is 0. The molecule has 13 aromatic rings. The molecule has 0 amide bonds. The van der Waals surface area contributed by atoms with E-state index in [1.165, 1.54) is 126 Å². The average molecular weight is 804 g/mol. The van der Waals surface area contributed by atoms with Gasteiger partial charge in [0.2, 0.25) is 0 Å². The Kier molecular flexibility index (Phi) is 6.07. The number of hydrogen-bond acceptors (Lipinski definition) is 1. The Morgan fingerprint density at radius 2 is 0.778 bits per heavy atom. The molecule has 0 saturated heterocycles. The van der Waals surface area contributed by atoms with Crippen molar-refractivity contribution < 1.29 is 0 Å². The van der Waals surface area contributed by atoms with E-state index in [4.69, 9.17) is 0 Å². The highest BCUT2D eigenvalue weighted by Crippen LogP contribution is 2.55. The highest BCUT2D eigenvalue weighted by Gasteiger charge is 2.38. The van der Waals surface area contributed by atoms with E-state index in [1.807, 2.05) is 0 Å². The molecule has 3 nitrogen and oxygen atoms in total. The van der Waals surface area contributed by atoms with Crippen LogP contribution in [0.25, 0.3) is 98.4 Å². The SMILES string of the molecule is CC1(C)c2ccccc2-c2cc3c4cccc5c6cc7c(cc6n(c3cc21)c45)c1ccc(N(c2ccccc2)c2ccccc2)c2c3cc4c(cc3n7c12)C(C)(C)c1ccccc1-4. The third-order valence-electron chi connectivity index (χ3n) is 15.5. The van der Waals surface area contributed by atoms with Crippen LogP contribution in [0.1, 0.15) is 49.9 Å². The summed E-state index contributed by atoms with van der Waals surface area (Å²) in [5.74, 6) is 0. The maximum absolute atomic E-state index is 2.62. The normalized spacial score (nSPS) is 14.9. The Labute approximate surface area is 364 Å². The van der Waals surface area contributed by atoms with Crippen molar-refractivity contribution in [3.8, 4) is 22.3 Å². The predicted molar refractivity (Wildman–Crippen MR) is 266 cm³/mol. The standard InChI is InChI=1S/C60H41N3/c1-59(2)47-24-13-11-20-36(47)41-28-43-38-22-15-23-39-44-30-53-45(31-52(44)62(57(38)39)54(43)32-49(41)59)40-26-27-51(61(34-16-7-5-8-17-34)35-18-9-6-10-19-35)56-46-29-42-37-21-12-14-25-48(37)60(3,4)50(42)33-55(46)63(53)58(40)56/h5-33H,1-4H3. The molecular weight excluding hydrogens is 763 g/mol. The van der Waals surface area contributed by atoms with Gasteiger partial charge in [0.15, 0.2) is 0 Å². The molecule has 9 aromatic carbocycles. The molecule has 0 radical (unpaired) electrons. The second-order valence-corrected chi connectivity index (χ2v) is 19.3. The summed E-state index contributed by atoms with van der Waals surface area (Å²) >= 11 is 0. The molecule has 63 heavy (non-hydrogen) atoms. The van der Waals surface area contributed by atoms with Crippen LogP contribution in [0.4, 0.5) is 17.1 Å². The first-order valence-corrected chi connectivity index (χ1v) is 22.4. The van der Waals surface area contributed by atoms with Crippen molar-refractivity contribution in [2.45, 2.75) is 38.5 Å². The van der Waals surface area contributed by atoms with E-state index in [0.29, 0.717) is 0 Å². The number of nitrogens with zero attached hydrogens (tertiary/aromatic N) is 3. The smallest absolute Gasteiger partial charge is 0.0641 e. The number of anilines is 3. The number of benzene rings is 9. The minimum absolute atomic E-state index is 0.0829. The van der Waals surface area contributed by atoms with Crippen LogP contribution < -0.4 is 4.90 Å². The molecule has 0 spiro atoms. The van der Waals surface area contributed by atoms with Crippen LogP contribution in [0.3, 0.4) is 0 Å². The number of para-hydroxylation sites is 3. The molecule has 3 heteroatoms. The molecule has 0 N–H and O–H groups in total. The number of fused-ring (bicyclic) bond motifs is 18. The lowest BCUT2D eigenvalue weighted by molar-refractivity contribution is 0.661. The summed E-state index contributed by atoms with van der Waals surface area (Å²) in [6, 6.07) is 66.6. The zero-order chi connectivity index (χ0) is 41.7. The fourth-order valence-electron chi connectivity index (χ4n) is 12.7. The summed E-state index contributed by atoms with van der Waals surface area (Å²) in [6.45, 7) is 9.58. The summed E-state index contributed by atoms with van der Waals surface area (Å²) in [4.78, 5) is 2.45. The third kappa shape index (κ3) is 3.99. The molecule has 2 aliphatic carbocycles. The van der Waals surface area contributed by atoms with Crippen LogP contribution >= 0.6 is 0 Å². The Morgan fingerprint density at radius 1 is 0.333 bits per heavy atom. The number of rotatable bonds is 3. The molecule has 0 aliphatic heterocycles. The Hall–Kier alpha value is -7.62. The zero-order valence-corrected chi connectivity index (χ0v) is 35.6. The number of hydrogen-bond donors (Lipinski definition) is 0. The lowest BCUT2D eigenvalue weighted by Crippen LogP contribution is -2.14. The van der Waals surface area contributed by atoms with Gasteiger partial charge >= 0.3 is 0 Å². The molecule has 4 heterocycles. The van der Waals surface area contributed by atoms with Gasteiger partial charge in [-0.3, -0.25) is 0 Å². The van der Waals surface area contributed by atoms with Crippen LogP contribution in [0.5, 0.6) is 0 Å². The first kappa shape index (κ1) is 34.0. The molecule has 0 bridgehead atoms. The van der Waals surface area contributed by atoms with Crippen LogP contribution in [0, 0.1) is 0 Å². The zero-order valence-electron chi connectivity index (χ0n) is 35.6. The average Bonchev–Trinajstić information content (AvgIpc) is 4.11. The van der Waals surface area contributed by atoms with Crippen molar-refractivity contribution >= 4 is 93.3 Å². The van der Waals surface area contributed by atoms with E-state index in [2.05, 4.69) is 217 Å². The molecule has 15 rings (SSSR count). The molecule has 4 aromatic heterocycles. The van der Waals surface area contributed by atoms with Crippen molar-refractivity contribution in [3.63, 3.8) is 0 Å². The van der Waals surface area contributed by atoms with Crippen molar-refractivity contribution in [2.24, 2.45) is 0 Å². The topological polar surface area (TPSA) is 12.1 Å². The number of aromatic nitrogens is 2. The van der Waals surface area contributed by atoms with E-state index < -0.39 is 0 Å². The van der Waals surface area contributed by atoms with Gasteiger partial charge in [0.1, 0.15) is 0 Å². The van der Waals surface area contributed by atoms with E-state index in [-0.39, 0.29) is 10.8 Å². The van der Waals surface area contributed by atoms with Crippen molar-refractivity contribution in [2.75, 3.05) is 4.90 Å². The van der Waals surface area contributed by atoms with Crippen LogP contribution in [0.2, 0.25) is 0 Å². The quantitative estimate of drug-likeness (QED) is 0.173. The van der Waals surface area contributed by atoms with E-state index in [0.717, 1.165) is 11.4 Å². The largest absolute Gasteiger partial charge is 0.310 e. The highest BCUT2D eigenvalue weighted by atomic mass is 15.1. The van der Waals surface area contributed by atoms with Gasteiger partial charge in [0.25, 0.3) is 0 Å². The van der Waals surface area contributed by atoms with Gasteiger partial charge in [-0.25, -0.2) is 0 Å². The van der Waals surface area contributed by atoms with Crippen molar-refractivity contribution in [1.29, 1.82) is 0 Å². The summed E-state index contributed by atoms with van der Waals surface area (Å²) in [6.07, 6.45) is 0. The maximum Gasteiger partial charge on any atom is 0.0641 e. The molecule has 296 valence electrons. The second-order valence-electron chi connectivity index (χ2n) is 19.3. The molecule has 0 unspecified atom stereocenters. The van der Waals surface area contributed by atoms with Crippen molar-refractivity contribution in [1.82, 2.24) is 8.80 Å². The van der Waals surface area contributed by atoms with E-state index >= 15 is 0 Å². The summed E-state index contributed by atoms with van der Waals surface area (Å²) in [5.41, 5.74) is 21.9. The van der Waals surface area contributed by atoms with Gasteiger partial charge in [-0.2, -0.15) is 0 Å². The van der Waals surface area contributed by atoms with Gasteiger partial charge in [0.05, 0.1) is 38.8 Å². The molecular formula is C60H41N3. The Morgan fingerprint density at radius 3 is 1.35 bits per heavy atom. The van der Waals surface area contributed by atoms with Gasteiger partial charge in [0, 0.05) is 65.3 Å².